The van der Waals surface area contributed by atoms with Crippen molar-refractivity contribution in [1.82, 2.24) is 10.6 Å². The van der Waals surface area contributed by atoms with E-state index in [-0.39, 0.29) is 18.6 Å². The highest BCUT2D eigenvalue weighted by Crippen LogP contribution is 2.28. The summed E-state index contributed by atoms with van der Waals surface area (Å²) in [5.41, 5.74) is 0.299. The summed E-state index contributed by atoms with van der Waals surface area (Å²) in [6.45, 7) is 3.17. The third-order valence-corrected chi connectivity index (χ3v) is 5.87. The van der Waals surface area contributed by atoms with Crippen molar-refractivity contribution in [1.29, 1.82) is 0 Å². The highest BCUT2D eigenvalue weighted by atomic mass is 35.5. The lowest BCUT2D eigenvalue weighted by atomic mass is 9.82. The first-order valence-corrected chi connectivity index (χ1v) is 11.1. The summed E-state index contributed by atoms with van der Waals surface area (Å²) in [4.78, 5) is 24.5. The van der Waals surface area contributed by atoms with Crippen molar-refractivity contribution in [2.24, 2.45) is 5.41 Å². The monoisotopic (exact) mass is 490 g/mol. The zero-order chi connectivity index (χ0) is 24.9. The van der Waals surface area contributed by atoms with Crippen LogP contribution >= 0.6 is 11.6 Å². The quantitative estimate of drug-likeness (QED) is 0.376. The van der Waals surface area contributed by atoms with Gasteiger partial charge in [0.15, 0.2) is 11.8 Å². The zero-order valence-electron chi connectivity index (χ0n) is 18.8. The topological polar surface area (TPSA) is 117 Å². The Labute approximate surface area is 200 Å². The van der Waals surface area contributed by atoms with Gasteiger partial charge in [0.25, 0.3) is 17.9 Å². The number of aromatic nitrogens is 2. The van der Waals surface area contributed by atoms with E-state index in [0.717, 1.165) is 5.56 Å². The third kappa shape index (κ3) is 5.98. The fraction of sp³-hybridized carbons (Fsp3) is 0.333. The first kappa shape index (κ1) is 25.3. The fourth-order valence-corrected chi connectivity index (χ4v) is 3.72. The normalized spacial score (nSPS) is 13.8. The highest BCUT2D eigenvalue weighted by Gasteiger charge is 2.36. The zero-order valence-corrected chi connectivity index (χ0v) is 19.6. The van der Waals surface area contributed by atoms with E-state index in [9.17, 15) is 24.2 Å². The molecule has 0 radical (unpaired) electrons. The number of hydrogen-bond acceptors (Lipinski definition) is 5. The van der Waals surface area contributed by atoms with Crippen LogP contribution in [0.15, 0.2) is 53.2 Å². The van der Waals surface area contributed by atoms with E-state index in [1.807, 2.05) is 6.92 Å². The van der Waals surface area contributed by atoms with Gasteiger partial charge in [0.2, 0.25) is 0 Å². The highest BCUT2D eigenvalue weighted by molar-refractivity contribution is 6.30. The summed E-state index contributed by atoms with van der Waals surface area (Å²) < 4.78 is 20.7. The van der Waals surface area contributed by atoms with Gasteiger partial charge < -0.3 is 15.5 Å². The van der Waals surface area contributed by atoms with E-state index in [1.54, 1.807) is 24.3 Å². The number of halogens is 2. The van der Waals surface area contributed by atoms with Gasteiger partial charge in [-0.05, 0) is 56.0 Å². The molecule has 1 amide bonds. The number of aliphatic hydroxyl groups is 1. The van der Waals surface area contributed by atoms with Crippen LogP contribution < -0.4 is 10.00 Å². The predicted molar refractivity (Wildman–Crippen MR) is 122 cm³/mol. The molecule has 8 nitrogen and oxygen atoms in total. The minimum atomic E-state index is -1.47. The molecular weight excluding hydrogens is 465 g/mol. The molecule has 3 N–H and O–H groups in total. The number of nitrogens with one attached hydrogen (secondary N) is 1. The van der Waals surface area contributed by atoms with Crippen molar-refractivity contribution < 1.29 is 33.4 Å². The Bertz CT molecular complexity index is 1170. The van der Waals surface area contributed by atoms with Crippen molar-refractivity contribution >= 4 is 23.5 Å². The number of carbonyl (C=O) groups excluding carboxylic acids is 1. The summed E-state index contributed by atoms with van der Waals surface area (Å²) in [6.07, 6.45) is 1.69. The number of benzene rings is 2. The second-order valence-corrected chi connectivity index (χ2v) is 8.78. The maximum atomic E-state index is 14.2. The van der Waals surface area contributed by atoms with E-state index < -0.39 is 35.8 Å². The maximum absolute atomic E-state index is 14.2. The molecule has 0 spiro atoms. The van der Waals surface area contributed by atoms with Crippen LogP contribution in [-0.2, 0) is 17.8 Å². The fourth-order valence-electron chi connectivity index (χ4n) is 3.55. The lowest BCUT2D eigenvalue weighted by molar-refractivity contribution is -0.759. The molecule has 34 heavy (non-hydrogen) atoms. The number of carboxylic acids is 1. The van der Waals surface area contributed by atoms with E-state index in [0.29, 0.717) is 22.7 Å². The lowest BCUT2D eigenvalue weighted by Gasteiger charge is -2.28. The molecule has 2 aromatic carbocycles. The molecule has 0 saturated carbocycles. The van der Waals surface area contributed by atoms with Gasteiger partial charge in [-0.2, -0.15) is 0 Å². The van der Waals surface area contributed by atoms with Crippen LogP contribution in [0, 0.1) is 11.2 Å². The van der Waals surface area contributed by atoms with Crippen LogP contribution in [0.4, 0.5) is 4.39 Å². The molecule has 0 fully saturated rings. The molecule has 3 rings (SSSR count). The van der Waals surface area contributed by atoms with Crippen LogP contribution in [0.2, 0.25) is 5.02 Å². The van der Waals surface area contributed by atoms with Crippen LogP contribution in [0.25, 0.3) is 11.1 Å². The number of hydrogen-bond donors (Lipinski definition) is 3. The molecule has 2 atom stereocenters. The number of carbonyl (C=O) groups is 2. The summed E-state index contributed by atoms with van der Waals surface area (Å²) in [5.74, 6) is -2.14. The molecule has 0 bridgehead atoms. The molecule has 0 unspecified atom stereocenters. The molecule has 1 aromatic heterocycles. The number of aliphatic hydroxyl groups excluding tert-OH is 1. The van der Waals surface area contributed by atoms with Gasteiger partial charge >= 0.3 is 5.97 Å². The summed E-state index contributed by atoms with van der Waals surface area (Å²) in [6, 6.07) is 10.7. The van der Waals surface area contributed by atoms with Crippen molar-refractivity contribution in [3.05, 3.63) is 70.8 Å². The average molecular weight is 491 g/mol. The first-order chi connectivity index (χ1) is 16.1. The van der Waals surface area contributed by atoms with E-state index in [1.165, 1.54) is 36.0 Å². The third-order valence-electron chi connectivity index (χ3n) is 5.63. The lowest BCUT2D eigenvalue weighted by Crippen LogP contribution is -2.44. The number of aliphatic carboxylic acids is 1. The average Bonchev–Trinajstić information content (AvgIpc) is 3.30. The number of aryl methyl sites for hydroxylation is 1. The van der Waals surface area contributed by atoms with Gasteiger partial charge in [0.05, 0.1) is 12.0 Å². The summed E-state index contributed by atoms with van der Waals surface area (Å²) >= 11 is 5.99. The Morgan fingerprint density at radius 2 is 1.97 bits per heavy atom. The van der Waals surface area contributed by atoms with Crippen molar-refractivity contribution in [2.75, 3.05) is 6.61 Å². The molecule has 3 aromatic rings. The second-order valence-electron chi connectivity index (χ2n) is 8.35. The van der Waals surface area contributed by atoms with Crippen LogP contribution in [0.3, 0.4) is 0 Å². The Kier molecular flexibility index (Phi) is 8.01. The molecular formula is C24H26ClFN3O5+. The van der Waals surface area contributed by atoms with Gasteiger partial charge in [-0.3, -0.25) is 14.1 Å². The van der Waals surface area contributed by atoms with Gasteiger partial charge in [-0.15, -0.1) is 0 Å². The molecule has 0 saturated heterocycles. The second kappa shape index (κ2) is 10.8. The van der Waals surface area contributed by atoms with Crippen molar-refractivity contribution in [3.8, 4) is 11.1 Å². The minimum Gasteiger partial charge on any atom is -0.481 e. The molecule has 1 heterocycles. The molecule has 0 aliphatic heterocycles. The Balaban J connectivity index is 1.83. The standard InChI is InChI=1S/C24H25ClFN3O5/c1-3-29-13-21(34-28-29)22(31)27-18(12-24(2,14-30)23(32)33)10-15-4-6-16(7-5-15)19-11-17(25)8-9-20(19)26/h4-9,11,13,18,30H,3,10,12,14H2,1-2H3,(H-,27,31,32,33)/p+1/t18-,24+/m1/s1. The number of carboxylic acid groups (broad SMARTS) is 1. The predicted octanol–water partition coefficient (Wildman–Crippen LogP) is 3.26. The van der Waals surface area contributed by atoms with Crippen LogP contribution in [0.1, 0.15) is 36.4 Å². The van der Waals surface area contributed by atoms with E-state index in [4.69, 9.17) is 16.1 Å². The van der Waals surface area contributed by atoms with E-state index in [2.05, 4.69) is 10.6 Å². The SMILES string of the molecule is CC[n+]1cc(C(=O)N[C@H](Cc2ccc(-c3cc(Cl)ccc3F)cc2)C[C@@](C)(CO)C(=O)O)on1. The summed E-state index contributed by atoms with van der Waals surface area (Å²) in [7, 11) is 0. The molecule has 0 aliphatic carbocycles. The molecule has 0 aliphatic rings. The minimum absolute atomic E-state index is 0.0142. The smallest absolute Gasteiger partial charge is 0.311 e. The van der Waals surface area contributed by atoms with Crippen LogP contribution in [-0.4, -0.2) is 40.0 Å². The Morgan fingerprint density at radius 3 is 2.56 bits per heavy atom. The largest absolute Gasteiger partial charge is 0.481 e. The maximum Gasteiger partial charge on any atom is 0.311 e. The number of nitrogens with zero attached hydrogens (tertiary/aromatic N) is 2. The molecule has 180 valence electrons. The van der Waals surface area contributed by atoms with Crippen LogP contribution in [0.5, 0.6) is 0 Å². The van der Waals surface area contributed by atoms with Crippen molar-refractivity contribution in [3.63, 3.8) is 0 Å². The number of rotatable bonds is 10. The Hall–Kier alpha value is -3.30. The van der Waals surface area contributed by atoms with E-state index >= 15 is 0 Å². The van der Waals surface area contributed by atoms with Crippen molar-refractivity contribution in [2.45, 2.75) is 39.3 Å². The molecule has 10 heteroatoms. The van der Waals surface area contributed by atoms with Gasteiger partial charge in [-0.1, -0.05) is 40.5 Å². The number of amides is 1. The van der Waals surface area contributed by atoms with Gasteiger partial charge in [0.1, 0.15) is 5.82 Å². The van der Waals surface area contributed by atoms with Gasteiger partial charge in [0, 0.05) is 16.6 Å². The summed E-state index contributed by atoms with van der Waals surface area (Å²) in [5, 5.41) is 26.2. The van der Waals surface area contributed by atoms with Gasteiger partial charge in [-0.25, -0.2) is 4.39 Å². The Morgan fingerprint density at radius 1 is 1.26 bits per heavy atom. The first-order valence-electron chi connectivity index (χ1n) is 10.7.